The summed E-state index contributed by atoms with van der Waals surface area (Å²) in [4.78, 5) is 12.7. The Bertz CT molecular complexity index is 847. The van der Waals surface area contributed by atoms with E-state index in [0.717, 1.165) is 10.1 Å². The molecule has 0 radical (unpaired) electrons. The molecule has 0 fully saturated rings. The van der Waals surface area contributed by atoms with Gasteiger partial charge in [0.1, 0.15) is 10.7 Å². The highest BCUT2D eigenvalue weighted by molar-refractivity contribution is 7.21. The summed E-state index contributed by atoms with van der Waals surface area (Å²) in [6.07, 6.45) is 0. The fourth-order valence-corrected chi connectivity index (χ4v) is 3.18. The minimum Gasteiger partial charge on any atom is -0.397 e. The molecule has 0 atom stereocenters. The first kappa shape index (κ1) is 13.9. The minimum atomic E-state index is -0.413. The molecule has 0 spiro atoms. The predicted octanol–water partition coefficient (Wildman–Crippen LogP) is 4.53. The van der Waals surface area contributed by atoms with Gasteiger partial charge in [-0.05, 0) is 36.4 Å². The van der Waals surface area contributed by atoms with E-state index < -0.39 is 5.82 Å². The summed E-state index contributed by atoms with van der Waals surface area (Å²) in [6.45, 7) is 0. The number of halogens is 2. The predicted molar refractivity (Wildman–Crippen MR) is 85.6 cm³/mol. The number of hydrogen-bond donors (Lipinski definition) is 2. The van der Waals surface area contributed by atoms with Gasteiger partial charge in [0.2, 0.25) is 0 Å². The molecule has 1 amide bonds. The van der Waals surface area contributed by atoms with Gasteiger partial charge in [-0.3, -0.25) is 4.79 Å². The van der Waals surface area contributed by atoms with Gasteiger partial charge in [0, 0.05) is 20.8 Å². The molecule has 1 aromatic heterocycles. The minimum absolute atomic E-state index is 0.365. The van der Waals surface area contributed by atoms with Crippen molar-refractivity contribution in [3.8, 4) is 0 Å². The number of benzene rings is 2. The summed E-state index contributed by atoms with van der Waals surface area (Å²) >= 11 is 7.21. The summed E-state index contributed by atoms with van der Waals surface area (Å²) in [5.41, 5.74) is 6.77. The Morgan fingerprint density at radius 2 is 2.05 bits per heavy atom. The van der Waals surface area contributed by atoms with Crippen molar-refractivity contribution < 1.29 is 9.18 Å². The number of carbonyl (C=O) groups excluding carboxylic acids is 1. The molecule has 0 aliphatic heterocycles. The molecule has 6 heteroatoms. The van der Waals surface area contributed by atoms with Crippen molar-refractivity contribution in [2.75, 3.05) is 11.1 Å². The summed E-state index contributed by atoms with van der Waals surface area (Å²) in [5.74, 6) is -0.778. The number of thiophene rings is 1. The zero-order valence-corrected chi connectivity index (χ0v) is 12.3. The molecule has 1 heterocycles. The number of rotatable bonds is 2. The van der Waals surface area contributed by atoms with Crippen LogP contribution in [0.3, 0.4) is 0 Å². The molecule has 3 N–H and O–H groups in total. The van der Waals surface area contributed by atoms with Crippen LogP contribution in [0.1, 0.15) is 9.67 Å². The molecule has 0 saturated heterocycles. The van der Waals surface area contributed by atoms with Gasteiger partial charge in [-0.2, -0.15) is 0 Å². The Morgan fingerprint density at radius 3 is 2.81 bits per heavy atom. The van der Waals surface area contributed by atoms with Crippen molar-refractivity contribution in [1.29, 1.82) is 0 Å². The Morgan fingerprint density at radius 1 is 1.24 bits per heavy atom. The van der Waals surface area contributed by atoms with Gasteiger partial charge in [0.15, 0.2) is 0 Å². The number of hydrogen-bond acceptors (Lipinski definition) is 3. The molecule has 3 nitrogen and oxygen atoms in total. The molecule has 0 aliphatic carbocycles. The van der Waals surface area contributed by atoms with Crippen molar-refractivity contribution in [1.82, 2.24) is 0 Å². The third kappa shape index (κ3) is 2.70. The normalized spacial score (nSPS) is 10.8. The van der Waals surface area contributed by atoms with Gasteiger partial charge in [-0.25, -0.2) is 4.39 Å². The summed E-state index contributed by atoms with van der Waals surface area (Å²) in [6, 6.07) is 11.0. The molecule has 0 unspecified atom stereocenters. The van der Waals surface area contributed by atoms with E-state index >= 15 is 0 Å². The maximum atomic E-state index is 13.1. The Labute approximate surface area is 129 Å². The molecule has 0 saturated carbocycles. The number of amides is 1. The van der Waals surface area contributed by atoms with Crippen LogP contribution < -0.4 is 11.1 Å². The molecule has 0 aliphatic rings. The number of anilines is 2. The smallest absolute Gasteiger partial charge is 0.267 e. The topological polar surface area (TPSA) is 55.1 Å². The maximum Gasteiger partial charge on any atom is 0.267 e. The van der Waals surface area contributed by atoms with Gasteiger partial charge in [0.25, 0.3) is 5.91 Å². The lowest BCUT2D eigenvalue weighted by atomic mass is 10.2. The van der Waals surface area contributed by atoms with E-state index in [1.165, 1.54) is 29.5 Å². The fourth-order valence-electron chi connectivity index (χ4n) is 2.01. The van der Waals surface area contributed by atoms with E-state index in [4.69, 9.17) is 17.3 Å². The van der Waals surface area contributed by atoms with E-state index in [2.05, 4.69) is 5.32 Å². The lowest BCUT2D eigenvalue weighted by Crippen LogP contribution is -2.12. The molecule has 2 aromatic carbocycles. The van der Waals surface area contributed by atoms with Crippen LogP contribution in [0.15, 0.2) is 42.5 Å². The van der Waals surface area contributed by atoms with E-state index in [0.29, 0.717) is 21.3 Å². The fraction of sp³-hybridized carbons (Fsp3) is 0. The molecular weight excluding hydrogens is 311 g/mol. The van der Waals surface area contributed by atoms with Crippen molar-refractivity contribution >= 4 is 50.3 Å². The lowest BCUT2D eigenvalue weighted by Gasteiger charge is -2.04. The summed E-state index contributed by atoms with van der Waals surface area (Å²) in [7, 11) is 0. The third-order valence-corrected chi connectivity index (χ3v) is 4.40. The maximum absolute atomic E-state index is 13.1. The van der Waals surface area contributed by atoms with Gasteiger partial charge in [0.05, 0.1) is 5.69 Å². The number of fused-ring (bicyclic) bond motifs is 1. The Balaban J connectivity index is 1.96. The van der Waals surface area contributed by atoms with Crippen LogP contribution in [0.2, 0.25) is 5.02 Å². The van der Waals surface area contributed by atoms with Crippen molar-refractivity contribution in [3.63, 3.8) is 0 Å². The highest BCUT2D eigenvalue weighted by Gasteiger charge is 2.16. The zero-order valence-electron chi connectivity index (χ0n) is 10.7. The average Bonchev–Trinajstić information content (AvgIpc) is 2.76. The molecule has 3 rings (SSSR count). The highest BCUT2D eigenvalue weighted by atomic mass is 35.5. The Kier molecular flexibility index (Phi) is 3.53. The second-order valence-corrected chi connectivity index (χ2v) is 5.94. The van der Waals surface area contributed by atoms with Crippen LogP contribution in [0, 0.1) is 5.82 Å². The Hall–Kier alpha value is -2.11. The molecule has 21 heavy (non-hydrogen) atoms. The number of carbonyl (C=O) groups is 1. The van der Waals surface area contributed by atoms with E-state index in [-0.39, 0.29) is 5.91 Å². The van der Waals surface area contributed by atoms with Crippen LogP contribution >= 0.6 is 22.9 Å². The van der Waals surface area contributed by atoms with Crippen LogP contribution in [0.25, 0.3) is 10.1 Å². The van der Waals surface area contributed by atoms with Crippen LogP contribution in [-0.4, -0.2) is 5.91 Å². The second kappa shape index (κ2) is 5.35. The molecular formula is C15H10ClFN2OS. The van der Waals surface area contributed by atoms with E-state index in [9.17, 15) is 9.18 Å². The molecule has 0 bridgehead atoms. The molecule has 3 aromatic rings. The standard InChI is InChI=1S/C15H10ClFN2OS/c16-8-4-5-12-11(6-8)13(18)14(21-12)15(20)19-10-3-1-2-9(17)7-10/h1-7H,18H2,(H,19,20). The first-order valence-corrected chi connectivity index (χ1v) is 7.28. The number of nitrogens with one attached hydrogen (secondary N) is 1. The van der Waals surface area contributed by atoms with Gasteiger partial charge < -0.3 is 11.1 Å². The monoisotopic (exact) mass is 320 g/mol. The largest absolute Gasteiger partial charge is 0.397 e. The lowest BCUT2D eigenvalue weighted by molar-refractivity contribution is 0.103. The second-order valence-electron chi connectivity index (χ2n) is 4.45. The highest BCUT2D eigenvalue weighted by Crippen LogP contribution is 2.35. The number of nitrogens with two attached hydrogens (primary N) is 1. The van der Waals surface area contributed by atoms with Crippen molar-refractivity contribution in [2.24, 2.45) is 0 Å². The molecule has 106 valence electrons. The third-order valence-electron chi connectivity index (χ3n) is 2.98. The van der Waals surface area contributed by atoms with Crippen LogP contribution in [0.4, 0.5) is 15.8 Å². The summed E-state index contributed by atoms with van der Waals surface area (Å²) < 4.78 is 14.0. The van der Waals surface area contributed by atoms with Gasteiger partial charge in [-0.15, -0.1) is 11.3 Å². The number of nitrogen functional groups attached to an aromatic ring is 1. The summed E-state index contributed by atoms with van der Waals surface area (Å²) in [5, 5.41) is 3.94. The first-order chi connectivity index (χ1) is 10.0. The van der Waals surface area contributed by atoms with E-state index in [1.807, 2.05) is 6.07 Å². The quantitative estimate of drug-likeness (QED) is 0.729. The van der Waals surface area contributed by atoms with Crippen molar-refractivity contribution in [2.45, 2.75) is 0 Å². The average molecular weight is 321 g/mol. The van der Waals surface area contributed by atoms with E-state index in [1.54, 1.807) is 18.2 Å². The van der Waals surface area contributed by atoms with Crippen molar-refractivity contribution in [3.05, 3.63) is 58.2 Å². The van der Waals surface area contributed by atoms with Crippen LogP contribution in [0.5, 0.6) is 0 Å². The SMILES string of the molecule is Nc1c(C(=O)Nc2cccc(F)c2)sc2ccc(Cl)cc12. The van der Waals surface area contributed by atoms with Gasteiger partial charge in [-0.1, -0.05) is 17.7 Å². The van der Waals surface area contributed by atoms with Gasteiger partial charge >= 0.3 is 0 Å². The first-order valence-electron chi connectivity index (χ1n) is 6.09. The zero-order chi connectivity index (χ0) is 15.0. The van der Waals surface area contributed by atoms with Crippen LogP contribution in [-0.2, 0) is 0 Å².